The molecule has 0 radical (unpaired) electrons. The van der Waals surface area contributed by atoms with Crippen molar-refractivity contribution >= 4 is 44.0 Å². The molecule has 21 heavy (non-hydrogen) atoms. The van der Waals surface area contributed by atoms with Crippen LogP contribution < -0.4 is 11.1 Å². The fourth-order valence-electron chi connectivity index (χ4n) is 2.33. The van der Waals surface area contributed by atoms with Crippen LogP contribution in [0.1, 0.15) is 16.6 Å². The first-order valence-electron chi connectivity index (χ1n) is 6.61. The van der Waals surface area contributed by atoms with Crippen LogP contribution in [0.3, 0.4) is 0 Å². The van der Waals surface area contributed by atoms with E-state index in [9.17, 15) is 9.90 Å². The van der Waals surface area contributed by atoms with Crippen LogP contribution in [-0.4, -0.2) is 28.6 Å². The minimum absolute atomic E-state index is 0.0605. The van der Waals surface area contributed by atoms with Gasteiger partial charge in [-0.15, -0.1) is 11.3 Å². The first-order valence-corrected chi connectivity index (χ1v) is 7.42. The summed E-state index contributed by atoms with van der Waals surface area (Å²) in [5, 5.41) is 14.5. The molecule has 0 aliphatic carbocycles. The maximum Gasteiger partial charge on any atom is 0.348 e. The third kappa shape index (κ3) is 2.43. The Balaban J connectivity index is 2.30. The minimum Gasteiger partial charge on any atom is -0.477 e. The molecule has 0 saturated heterocycles. The summed E-state index contributed by atoms with van der Waals surface area (Å²) in [6, 6.07) is 7.58. The molecule has 0 bridgehead atoms. The normalized spacial score (nSPS) is 12.7. The van der Waals surface area contributed by atoms with Crippen LogP contribution in [0.4, 0.5) is 5.69 Å². The Hall–Kier alpha value is -2.18. The van der Waals surface area contributed by atoms with Crippen LogP contribution in [-0.2, 0) is 0 Å². The molecule has 0 saturated carbocycles. The van der Waals surface area contributed by atoms with Gasteiger partial charge in [-0.2, -0.15) is 0 Å². The summed E-state index contributed by atoms with van der Waals surface area (Å²) in [6.45, 7) is 2.39. The Kier molecular flexibility index (Phi) is 3.48. The van der Waals surface area contributed by atoms with E-state index in [-0.39, 0.29) is 6.04 Å². The highest BCUT2D eigenvalue weighted by atomic mass is 32.1. The number of aromatic carboxylic acids is 1. The van der Waals surface area contributed by atoms with E-state index < -0.39 is 5.97 Å². The molecule has 3 rings (SSSR count). The number of thiophene rings is 1. The summed E-state index contributed by atoms with van der Waals surface area (Å²) >= 11 is 1.27. The van der Waals surface area contributed by atoms with Gasteiger partial charge >= 0.3 is 5.97 Å². The van der Waals surface area contributed by atoms with E-state index in [2.05, 4.69) is 10.3 Å². The number of fused-ring (bicyclic) bond motifs is 3. The lowest BCUT2D eigenvalue weighted by atomic mass is 10.1. The van der Waals surface area contributed by atoms with E-state index in [0.717, 1.165) is 21.0 Å². The van der Waals surface area contributed by atoms with Crippen LogP contribution in [0, 0.1) is 0 Å². The average molecular weight is 301 g/mol. The van der Waals surface area contributed by atoms with Crippen LogP contribution in [0.2, 0.25) is 0 Å². The smallest absolute Gasteiger partial charge is 0.348 e. The standard InChI is InChI=1S/C15H15N3O2S/c1-8(16)7-18-13-12-9-3-2-6-17-10(9)4-5-11(12)21-14(13)15(19)20/h2-6,8,18H,7,16H2,1H3,(H,19,20). The Labute approximate surface area is 125 Å². The van der Waals surface area contributed by atoms with Crippen LogP contribution in [0.25, 0.3) is 21.0 Å². The number of carboxylic acids is 1. The number of benzene rings is 1. The monoisotopic (exact) mass is 301 g/mol. The number of pyridine rings is 1. The van der Waals surface area contributed by atoms with E-state index in [1.165, 1.54) is 11.3 Å². The van der Waals surface area contributed by atoms with E-state index >= 15 is 0 Å². The van der Waals surface area contributed by atoms with Gasteiger partial charge in [-0.1, -0.05) is 6.07 Å². The SMILES string of the molecule is CC(N)CNc1c(C(=O)O)sc2ccc3ncccc3c12. The summed E-state index contributed by atoms with van der Waals surface area (Å²) < 4.78 is 0.931. The highest BCUT2D eigenvalue weighted by Gasteiger charge is 2.19. The summed E-state index contributed by atoms with van der Waals surface area (Å²) in [6.07, 6.45) is 1.73. The summed E-state index contributed by atoms with van der Waals surface area (Å²) in [5.74, 6) is -0.930. The van der Waals surface area contributed by atoms with Gasteiger partial charge in [0.15, 0.2) is 0 Å². The first-order chi connectivity index (χ1) is 10.1. The number of nitrogens with one attached hydrogen (secondary N) is 1. The second kappa shape index (κ2) is 5.31. The number of carbonyl (C=O) groups is 1. The fourth-order valence-corrected chi connectivity index (χ4v) is 3.37. The van der Waals surface area contributed by atoms with E-state index in [1.54, 1.807) is 6.20 Å². The van der Waals surface area contributed by atoms with E-state index in [0.29, 0.717) is 17.1 Å². The molecule has 0 spiro atoms. The first kappa shape index (κ1) is 13.8. The van der Waals surface area contributed by atoms with Gasteiger partial charge in [-0.05, 0) is 25.1 Å². The lowest BCUT2D eigenvalue weighted by Crippen LogP contribution is -2.25. The molecule has 2 heterocycles. The quantitative estimate of drug-likeness (QED) is 0.689. The molecule has 1 unspecified atom stereocenters. The van der Waals surface area contributed by atoms with Gasteiger partial charge < -0.3 is 16.2 Å². The molecular formula is C15H15N3O2S. The van der Waals surface area contributed by atoms with E-state index in [1.807, 2.05) is 31.2 Å². The molecule has 2 aromatic heterocycles. The number of carboxylic acid groups (broad SMARTS) is 1. The molecule has 1 atom stereocenters. The van der Waals surface area contributed by atoms with Crippen LogP contribution in [0.15, 0.2) is 30.5 Å². The van der Waals surface area contributed by atoms with Gasteiger partial charge in [0.1, 0.15) is 4.88 Å². The summed E-state index contributed by atoms with van der Waals surface area (Å²) in [4.78, 5) is 16.1. The van der Waals surface area contributed by atoms with Crippen molar-refractivity contribution in [1.29, 1.82) is 0 Å². The van der Waals surface area contributed by atoms with Crippen LogP contribution >= 0.6 is 11.3 Å². The zero-order valence-corrected chi connectivity index (χ0v) is 12.3. The number of hydrogen-bond acceptors (Lipinski definition) is 5. The van der Waals surface area contributed by atoms with Gasteiger partial charge in [0, 0.05) is 34.3 Å². The second-order valence-corrected chi connectivity index (χ2v) is 6.03. The molecule has 1 aromatic carbocycles. The minimum atomic E-state index is -0.930. The molecule has 0 fully saturated rings. The summed E-state index contributed by atoms with van der Waals surface area (Å²) in [7, 11) is 0. The van der Waals surface area contributed by atoms with E-state index in [4.69, 9.17) is 5.73 Å². The number of rotatable bonds is 4. The third-order valence-electron chi connectivity index (χ3n) is 3.23. The molecule has 0 aliphatic rings. The predicted molar refractivity (Wildman–Crippen MR) is 86.2 cm³/mol. The molecule has 4 N–H and O–H groups in total. The fraction of sp³-hybridized carbons (Fsp3) is 0.200. The molecule has 6 heteroatoms. The molecule has 3 aromatic rings. The van der Waals surface area contributed by atoms with Crippen molar-refractivity contribution in [3.8, 4) is 0 Å². The lowest BCUT2D eigenvalue weighted by Gasteiger charge is -2.10. The van der Waals surface area contributed by atoms with Gasteiger partial charge in [0.05, 0.1) is 11.2 Å². The maximum absolute atomic E-state index is 11.5. The van der Waals surface area contributed by atoms with Crippen molar-refractivity contribution in [2.24, 2.45) is 5.73 Å². The van der Waals surface area contributed by atoms with Gasteiger partial charge in [0.2, 0.25) is 0 Å². The van der Waals surface area contributed by atoms with Gasteiger partial charge in [-0.3, -0.25) is 4.98 Å². The second-order valence-electron chi connectivity index (χ2n) is 4.98. The van der Waals surface area contributed by atoms with Crippen molar-refractivity contribution in [3.63, 3.8) is 0 Å². The van der Waals surface area contributed by atoms with Crippen molar-refractivity contribution in [3.05, 3.63) is 35.3 Å². The maximum atomic E-state index is 11.5. The zero-order valence-electron chi connectivity index (χ0n) is 11.5. The van der Waals surface area contributed by atoms with Crippen molar-refractivity contribution in [2.45, 2.75) is 13.0 Å². The van der Waals surface area contributed by atoms with Gasteiger partial charge in [-0.25, -0.2) is 4.79 Å². The van der Waals surface area contributed by atoms with Crippen molar-refractivity contribution in [1.82, 2.24) is 4.98 Å². The number of anilines is 1. The predicted octanol–water partition coefficient (Wildman–Crippen LogP) is 2.91. The van der Waals surface area contributed by atoms with Crippen LogP contribution in [0.5, 0.6) is 0 Å². The Morgan fingerprint density at radius 2 is 2.29 bits per heavy atom. The van der Waals surface area contributed by atoms with Gasteiger partial charge in [0.25, 0.3) is 0 Å². The lowest BCUT2D eigenvalue weighted by molar-refractivity contribution is 0.0703. The molecule has 0 aliphatic heterocycles. The highest BCUT2D eigenvalue weighted by Crippen LogP contribution is 2.39. The Morgan fingerprint density at radius 1 is 1.48 bits per heavy atom. The zero-order chi connectivity index (χ0) is 15.0. The molecule has 5 nitrogen and oxygen atoms in total. The molecule has 0 amide bonds. The number of nitrogens with two attached hydrogens (primary N) is 1. The Morgan fingerprint density at radius 3 is 3.00 bits per heavy atom. The number of nitrogens with zero attached hydrogens (tertiary/aromatic N) is 1. The van der Waals surface area contributed by atoms with Crippen molar-refractivity contribution < 1.29 is 9.90 Å². The number of hydrogen-bond donors (Lipinski definition) is 3. The highest BCUT2D eigenvalue weighted by molar-refractivity contribution is 7.21. The summed E-state index contributed by atoms with van der Waals surface area (Å²) in [5.41, 5.74) is 7.26. The molecule has 108 valence electrons. The Bertz CT molecular complexity index is 826. The average Bonchev–Trinajstić information content (AvgIpc) is 2.84. The largest absolute Gasteiger partial charge is 0.477 e. The van der Waals surface area contributed by atoms with Crippen molar-refractivity contribution in [2.75, 3.05) is 11.9 Å². The number of aromatic nitrogens is 1. The topological polar surface area (TPSA) is 88.2 Å². The third-order valence-corrected chi connectivity index (χ3v) is 4.37. The molecular weight excluding hydrogens is 286 g/mol.